The number of carbonyl (C=O) groups excluding carboxylic acids is 3. The van der Waals surface area contributed by atoms with Crippen LogP contribution in [-0.2, 0) is 15.9 Å². The van der Waals surface area contributed by atoms with Crippen molar-refractivity contribution in [1.82, 2.24) is 5.01 Å². The second kappa shape index (κ2) is 7.79. The minimum Gasteiger partial charge on any atom is -0.443 e. The van der Waals surface area contributed by atoms with E-state index in [1.807, 2.05) is 0 Å². The van der Waals surface area contributed by atoms with Gasteiger partial charge in [-0.3, -0.25) is 9.69 Å². The molecule has 0 saturated heterocycles. The molecule has 0 atom stereocenters. The Balaban J connectivity index is 2.32. The normalized spacial score (nSPS) is 14.2. The van der Waals surface area contributed by atoms with Crippen molar-refractivity contribution in [3.63, 3.8) is 0 Å². The van der Waals surface area contributed by atoms with Gasteiger partial charge in [-0.25, -0.2) is 15.4 Å². The van der Waals surface area contributed by atoms with Gasteiger partial charge >= 0.3 is 12.2 Å². The second-order valence-corrected chi connectivity index (χ2v) is 8.69. The molecule has 3 amide bonds. The van der Waals surface area contributed by atoms with Crippen LogP contribution >= 0.6 is 0 Å². The number of anilines is 1. The van der Waals surface area contributed by atoms with Crippen LogP contribution in [0.5, 0.6) is 0 Å². The average Bonchev–Trinajstić information content (AvgIpc) is 2.56. The third-order valence-electron chi connectivity index (χ3n) is 3.90. The van der Waals surface area contributed by atoms with Crippen molar-refractivity contribution >= 4 is 23.8 Å². The van der Waals surface area contributed by atoms with Crippen molar-refractivity contribution in [3.05, 3.63) is 29.3 Å². The molecule has 1 heterocycles. The van der Waals surface area contributed by atoms with Crippen LogP contribution in [0.1, 0.15) is 63.9 Å². The molecule has 0 unspecified atom stereocenters. The molecule has 1 aliphatic rings. The Kier molecular flexibility index (Phi) is 6.03. The summed E-state index contributed by atoms with van der Waals surface area (Å²) in [6, 6.07) is 4.99. The maximum Gasteiger partial charge on any atom is 0.432 e. The first kappa shape index (κ1) is 21.7. The van der Waals surface area contributed by atoms with Gasteiger partial charge in [0.25, 0.3) is 5.91 Å². The van der Waals surface area contributed by atoms with E-state index in [1.165, 1.54) is 4.90 Å². The molecule has 1 aromatic rings. The molecular weight excluding hydrogens is 362 g/mol. The maximum atomic E-state index is 12.8. The van der Waals surface area contributed by atoms with E-state index in [9.17, 15) is 14.4 Å². The summed E-state index contributed by atoms with van der Waals surface area (Å²) in [6.07, 6.45) is -0.170. The number of hydrazine groups is 1. The summed E-state index contributed by atoms with van der Waals surface area (Å²) in [5.74, 6) is 5.03. The quantitative estimate of drug-likeness (QED) is 0.446. The molecule has 0 bridgehead atoms. The lowest BCUT2D eigenvalue weighted by Gasteiger charge is -2.32. The van der Waals surface area contributed by atoms with Crippen LogP contribution in [0.2, 0.25) is 0 Å². The molecule has 154 valence electrons. The number of amides is 3. The van der Waals surface area contributed by atoms with E-state index < -0.39 is 29.3 Å². The summed E-state index contributed by atoms with van der Waals surface area (Å²) in [5, 5.41) is 0.466. The first-order chi connectivity index (χ1) is 12.8. The highest BCUT2D eigenvalue weighted by Crippen LogP contribution is 2.31. The number of hydrogen-bond donors (Lipinski definition) is 1. The van der Waals surface area contributed by atoms with Gasteiger partial charge in [-0.15, -0.1) is 0 Å². The summed E-state index contributed by atoms with van der Waals surface area (Å²) in [5.41, 5.74) is 0.0950. The zero-order valence-corrected chi connectivity index (χ0v) is 17.4. The molecule has 0 saturated carbocycles. The SMILES string of the molecule is CC(C)(C)OC(=O)N(N)C(=O)c1cccc2c1CCCN2C(=O)OC(C)(C)C. The van der Waals surface area contributed by atoms with Crippen LogP contribution in [0.4, 0.5) is 15.3 Å². The number of ether oxygens (including phenoxy) is 2. The molecular formula is C20H29N3O5. The molecule has 2 rings (SSSR count). The van der Waals surface area contributed by atoms with E-state index in [1.54, 1.807) is 59.7 Å². The molecule has 0 fully saturated rings. The standard InChI is InChI=1S/C20H29N3O5/c1-19(2,3)27-17(25)22-12-8-10-13-14(9-7-11-15(13)22)16(24)23(21)18(26)28-20(4,5)6/h7,9,11H,8,10,12,21H2,1-6H3. The number of hydrogen-bond acceptors (Lipinski definition) is 6. The average molecular weight is 391 g/mol. The highest BCUT2D eigenvalue weighted by molar-refractivity contribution is 6.05. The van der Waals surface area contributed by atoms with Crippen molar-refractivity contribution < 1.29 is 23.9 Å². The minimum atomic E-state index is -0.935. The smallest absolute Gasteiger partial charge is 0.432 e. The zero-order valence-electron chi connectivity index (χ0n) is 17.4. The van der Waals surface area contributed by atoms with Gasteiger partial charge in [0.1, 0.15) is 11.2 Å². The lowest BCUT2D eigenvalue weighted by molar-refractivity contribution is 0.0238. The van der Waals surface area contributed by atoms with E-state index >= 15 is 0 Å². The van der Waals surface area contributed by atoms with Gasteiger partial charge in [0, 0.05) is 12.1 Å². The number of nitrogens with two attached hydrogens (primary N) is 1. The first-order valence-corrected chi connectivity index (χ1v) is 9.25. The highest BCUT2D eigenvalue weighted by Gasteiger charge is 2.32. The lowest BCUT2D eigenvalue weighted by atomic mass is 9.96. The fraction of sp³-hybridized carbons (Fsp3) is 0.550. The summed E-state index contributed by atoms with van der Waals surface area (Å²) >= 11 is 0. The molecule has 0 spiro atoms. The number of rotatable bonds is 1. The van der Waals surface area contributed by atoms with E-state index in [2.05, 4.69) is 0 Å². The molecule has 1 aliphatic heterocycles. The Labute approximate surface area is 165 Å². The molecule has 0 radical (unpaired) electrons. The fourth-order valence-electron chi connectivity index (χ4n) is 2.86. The number of imide groups is 1. The van der Waals surface area contributed by atoms with Crippen molar-refractivity contribution in [2.45, 2.75) is 65.6 Å². The molecule has 8 nitrogen and oxygen atoms in total. The van der Waals surface area contributed by atoms with Crippen LogP contribution < -0.4 is 10.7 Å². The third-order valence-corrected chi connectivity index (χ3v) is 3.90. The van der Waals surface area contributed by atoms with Crippen LogP contribution in [0.3, 0.4) is 0 Å². The summed E-state index contributed by atoms with van der Waals surface area (Å²) in [7, 11) is 0. The largest absolute Gasteiger partial charge is 0.443 e. The number of nitrogens with zero attached hydrogens (tertiary/aromatic N) is 2. The number of carbonyl (C=O) groups is 3. The van der Waals surface area contributed by atoms with E-state index in [0.717, 1.165) is 0 Å². The minimum absolute atomic E-state index is 0.263. The molecule has 2 N–H and O–H groups in total. The van der Waals surface area contributed by atoms with Gasteiger partial charge in [-0.05, 0) is 72.1 Å². The van der Waals surface area contributed by atoms with Gasteiger partial charge in [0.05, 0.1) is 5.69 Å². The van der Waals surface area contributed by atoms with Gasteiger partial charge < -0.3 is 9.47 Å². The van der Waals surface area contributed by atoms with Crippen molar-refractivity contribution in [2.75, 3.05) is 11.4 Å². The molecule has 28 heavy (non-hydrogen) atoms. The Morgan fingerprint density at radius 1 is 1.04 bits per heavy atom. The van der Waals surface area contributed by atoms with Crippen molar-refractivity contribution in [3.8, 4) is 0 Å². The highest BCUT2D eigenvalue weighted by atomic mass is 16.6. The fourth-order valence-corrected chi connectivity index (χ4v) is 2.86. The van der Waals surface area contributed by atoms with Crippen molar-refractivity contribution in [1.29, 1.82) is 0 Å². The van der Waals surface area contributed by atoms with Gasteiger partial charge in [0.15, 0.2) is 0 Å². The topological polar surface area (TPSA) is 102 Å². The summed E-state index contributed by atoms with van der Waals surface area (Å²) < 4.78 is 10.6. The van der Waals surface area contributed by atoms with Crippen LogP contribution in [0.15, 0.2) is 18.2 Å². The van der Waals surface area contributed by atoms with Gasteiger partial charge in [-0.1, -0.05) is 6.07 Å². The lowest BCUT2D eigenvalue weighted by Crippen LogP contribution is -2.46. The van der Waals surface area contributed by atoms with E-state index in [-0.39, 0.29) is 5.56 Å². The Bertz CT molecular complexity index is 777. The Morgan fingerprint density at radius 2 is 1.64 bits per heavy atom. The second-order valence-electron chi connectivity index (χ2n) is 8.69. The predicted octanol–water partition coefficient (Wildman–Crippen LogP) is 3.63. The van der Waals surface area contributed by atoms with Gasteiger partial charge in [-0.2, -0.15) is 5.01 Å². The van der Waals surface area contributed by atoms with Crippen LogP contribution in [-0.4, -0.2) is 40.8 Å². The van der Waals surface area contributed by atoms with E-state index in [0.29, 0.717) is 35.6 Å². The first-order valence-electron chi connectivity index (χ1n) is 9.25. The predicted molar refractivity (Wildman–Crippen MR) is 105 cm³/mol. The summed E-state index contributed by atoms with van der Waals surface area (Å²) in [6.45, 7) is 10.9. The molecule has 8 heteroatoms. The van der Waals surface area contributed by atoms with Crippen LogP contribution in [0, 0.1) is 0 Å². The number of fused-ring (bicyclic) bond motifs is 1. The molecule has 1 aromatic carbocycles. The molecule has 0 aliphatic carbocycles. The van der Waals surface area contributed by atoms with Crippen molar-refractivity contribution in [2.24, 2.45) is 5.84 Å². The number of benzene rings is 1. The Hall–Kier alpha value is -2.61. The molecule has 0 aromatic heterocycles. The van der Waals surface area contributed by atoms with Gasteiger partial charge in [0.2, 0.25) is 0 Å². The summed E-state index contributed by atoms with van der Waals surface area (Å²) in [4.78, 5) is 39.0. The maximum absolute atomic E-state index is 12.8. The zero-order chi connectivity index (χ0) is 21.3. The van der Waals surface area contributed by atoms with E-state index in [4.69, 9.17) is 15.3 Å². The Morgan fingerprint density at radius 3 is 2.21 bits per heavy atom. The third kappa shape index (κ3) is 5.22. The van der Waals surface area contributed by atoms with Crippen LogP contribution in [0.25, 0.3) is 0 Å². The monoisotopic (exact) mass is 391 g/mol.